The van der Waals surface area contributed by atoms with Crippen molar-refractivity contribution in [1.29, 1.82) is 0 Å². The average Bonchev–Trinajstić information content (AvgIpc) is 2.99. The van der Waals surface area contributed by atoms with Crippen LogP contribution in [0, 0.1) is 0 Å². The van der Waals surface area contributed by atoms with Crippen molar-refractivity contribution in [3.63, 3.8) is 0 Å². The van der Waals surface area contributed by atoms with Crippen LogP contribution in [0.4, 0.5) is 5.69 Å². The lowest BCUT2D eigenvalue weighted by Gasteiger charge is -2.17. The number of rotatable bonds is 2. The molecule has 0 amide bonds. The molecule has 2 aromatic rings. The summed E-state index contributed by atoms with van der Waals surface area (Å²) in [5.74, 6) is 0.954. The molecule has 2 heterocycles. The van der Waals surface area contributed by atoms with Gasteiger partial charge in [0, 0.05) is 17.3 Å². The molecule has 0 saturated carbocycles. The van der Waals surface area contributed by atoms with Crippen molar-refractivity contribution < 1.29 is 9.26 Å². The summed E-state index contributed by atoms with van der Waals surface area (Å²) in [7, 11) is 0. The fourth-order valence-electron chi connectivity index (χ4n) is 2.23. The van der Waals surface area contributed by atoms with Gasteiger partial charge in [0.05, 0.1) is 5.56 Å². The van der Waals surface area contributed by atoms with Crippen molar-refractivity contribution in [2.75, 3.05) is 12.3 Å². The first kappa shape index (κ1) is 12.4. The molecule has 5 nitrogen and oxygen atoms in total. The van der Waals surface area contributed by atoms with Crippen LogP contribution in [-0.2, 0) is 10.3 Å². The molecule has 1 saturated heterocycles. The van der Waals surface area contributed by atoms with Crippen molar-refractivity contribution in [2.24, 2.45) is 0 Å². The van der Waals surface area contributed by atoms with E-state index < -0.39 is 5.60 Å². The second-order valence-corrected chi connectivity index (χ2v) is 5.27. The summed E-state index contributed by atoms with van der Waals surface area (Å²) in [4.78, 5) is 4.40. The lowest BCUT2D eigenvalue weighted by atomic mass is 10.0. The number of nitrogens with two attached hydrogens (primary N) is 1. The minimum atomic E-state index is -0.455. The highest BCUT2D eigenvalue weighted by Gasteiger charge is 2.36. The molecular formula is C13H14ClN3O2. The molecule has 1 aliphatic heterocycles. The molecule has 3 rings (SSSR count). The van der Waals surface area contributed by atoms with Crippen LogP contribution in [0.2, 0.25) is 5.02 Å². The molecule has 0 bridgehead atoms. The van der Waals surface area contributed by atoms with Gasteiger partial charge in [-0.3, -0.25) is 0 Å². The topological polar surface area (TPSA) is 74.2 Å². The van der Waals surface area contributed by atoms with E-state index in [-0.39, 0.29) is 0 Å². The van der Waals surface area contributed by atoms with E-state index in [1.165, 1.54) is 0 Å². The standard InChI is InChI=1S/C13H14ClN3O2/c1-13(5-2-6-18-13)12-16-11(19-17-12)9-4-3-8(14)7-10(9)15/h3-4,7H,2,5-6,15H2,1H3. The Hall–Kier alpha value is -1.59. The Balaban J connectivity index is 1.97. The number of nitrogen functional groups attached to an aromatic ring is 1. The number of anilines is 1. The van der Waals surface area contributed by atoms with Gasteiger partial charge in [-0.1, -0.05) is 16.8 Å². The summed E-state index contributed by atoms with van der Waals surface area (Å²) in [6.45, 7) is 2.70. The smallest absolute Gasteiger partial charge is 0.260 e. The summed E-state index contributed by atoms with van der Waals surface area (Å²) in [6.07, 6.45) is 1.89. The fraction of sp³-hybridized carbons (Fsp3) is 0.385. The van der Waals surface area contributed by atoms with Gasteiger partial charge < -0.3 is 15.0 Å². The number of halogens is 1. The van der Waals surface area contributed by atoms with Crippen molar-refractivity contribution in [2.45, 2.75) is 25.4 Å². The molecule has 1 aromatic heterocycles. The number of ether oxygens (including phenoxy) is 1. The maximum atomic E-state index is 5.91. The third-order valence-electron chi connectivity index (χ3n) is 3.36. The van der Waals surface area contributed by atoms with Crippen LogP contribution in [0.3, 0.4) is 0 Å². The second-order valence-electron chi connectivity index (χ2n) is 4.84. The zero-order valence-corrected chi connectivity index (χ0v) is 11.3. The van der Waals surface area contributed by atoms with Crippen LogP contribution >= 0.6 is 11.6 Å². The van der Waals surface area contributed by atoms with E-state index in [4.69, 9.17) is 26.6 Å². The molecule has 2 N–H and O–H groups in total. The van der Waals surface area contributed by atoms with E-state index in [1.54, 1.807) is 18.2 Å². The van der Waals surface area contributed by atoms with Crippen molar-refractivity contribution in [3.05, 3.63) is 29.0 Å². The Morgan fingerprint density at radius 2 is 2.26 bits per heavy atom. The van der Waals surface area contributed by atoms with Crippen LogP contribution < -0.4 is 5.73 Å². The summed E-state index contributed by atoms with van der Waals surface area (Å²) >= 11 is 5.87. The molecule has 1 atom stereocenters. The first-order valence-electron chi connectivity index (χ1n) is 6.12. The first-order chi connectivity index (χ1) is 9.08. The van der Waals surface area contributed by atoms with Crippen molar-refractivity contribution >= 4 is 17.3 Å². The molecule has 1 unspecified atom stereocenters. The maximum Gasteiger partial charge on any atom is 0.260 e. The van der Waals surface area contributed by atoms with E-state index in [0.29, 0.717) is 28.0 Å². The van der Waals surface area contributed by atoms with Crippen LogP contribution in [0.15, 0.2) is 22.7 Å². The van der Waals surface area contributed by atoms with Gasteiger partial charge in [0.2, 0.25) is 5.82 Å². The van der Waals surface area contributed by atoms with Gasteiger partial charge in [0.25, 0.3) is 5.89 Å². The van der Waals surface area contributed by atoms with Crippen LogP contribution in [0.25, 0.3) is 11.5 Å². The molecule has 1 fully saturated rings. The lowest BCUT2D eigenvalue weighted by molar-refractivity contribution is 0.00768. The predicted molar refractivity (Wildman–Crippen MR) is 71.7 cm³/mol. The largest absolute Gasteiger partial charge is 0.398 e. The molecular weight excluding hydrogens is 266 g/mol. The normalized spacial score (nSPS) is 22.8. The highest BCUT2D eigenvalue weighted by atomic mass is 35.5. The van der Waals surface area contributed by atoms with E-state index in [2.05, 4.69) is 10.1 Å². The monoisotopic (exact) mass is 279 g/mol. The lowest BCUT2D eigenvalue weighted by Crippen LogP contribution is -2.21. The first-order valence-corrected chi connectivity index (χ1v) is 6.50. The molecule has 0 radical (unpaired) electrons. The number of nitrogens with zero attached hydrogens (tertiary/aromatic N) is 2. The third kappa shape index (κ3) is 2.19. The number of hydrogen-bond acceptors (Lipinski definition) is 5. The van der Waals surface area contributed by atoms with Gasteiger partial charge >= 0.3 is 0 Å². The van der Waals surface area contributed by atoms with Gasteiger partial charge in [0.1, 0.15) is 5.60 Å². The van der Waals surface area contributed by atoms with Gasteiger partial charge in [-0.15, -0.1) is 0 Å². The van der Waals surface area contributed by atoms with E-state index in [0.717, 1.165) is 19.4 Å². The van der Waals surface area contributed by atoms with Crippen LogP contribution in [0.5, 0.6) is 0 Å². The second kappa shape index (κ2) is 4.51. The molecule has 0 spiro atoms. The van der Waals surface area contributed by atoms with Crippen molar-refractivity contribution in [1.82, 2.24) is 10.1 Å². The quantitative estimate of drug-likeness (QED) is 0.856. The highest BCUT2D eigenvalue weighted by molar-refractivity contribution is 6.31. The Morgan fingerprint density at radius 3 is 2.95 bits per heavy atom. The van der Waals surface area contributed by atoms with Gasteiger partial charge in [-0.05, 0) is 38.0 Å². The Bertz CT molecular complexity index is 606. The van der Waals surface area contributed by atoms with E-state index >= 15 is 0 Å². The minimum absolute atomic E-state index is 0.390. The predicted octanol–water partition coefficient (Wildman–Crippen LogP) is 3.00. The number of benzene rings is 1. The highest BCUT2D eigenvalue weighted by Crippen LogP contribution is 2.35. The Morgan fingerprint density at radius 1 is 1.42 bits per heavy atom. The molecule has 6 heteroatoms. The van der Waals surface area contributed by atoms with Gasteiger partial charge in [-0.25, -0.2) is 0 Å². The zero-order valence-electron chi connectivity index (χ0n) is 10.5. The summed E-state index contributed by atoms with van der Waals surface area (Å²) in [6, 6.07) is 5.17. The Kier molecular flexibility index (Phi) is 2.95. The molecule has 1 aromatic carbocycles. The number of aromatic nitrogens is 2. The third-order valence-corrected chi connectivity index (χ3v) is 3.60. The average molecular weight is 280 g/mol. The van der Waals surface area contributed by atoms with Gasteiger partial charge in [-0.2, -0.15) is 4.98 Å². The SMILES string of the molecule is CC1(c2noc(-c3ccc(Cl)cc3N)n2)CCCO1. The van der Waals surface area contributed by atoms with E-state index in [1.807, 2.05) is 6.92 Å². The van der Waals surface area contributed by atoms with Crippen LogP contribution in [-0.4, -0.2) is 16.7 Å². The number of hydrogen-bond donors (Lipinski definition) is 1. The molecule has 1 aliphatic rings. The molecule has 0 aliphatic carbocycles. The molecule has 19 heavy (non-hydrogen) atoms. The van der Waals surface area contributed by atoms with Crippen molar-refractivity contribution in [3.8, 4) is 11.5 Å². The molecule has 100 valence electrons. The summed E-state index contributed by atoms with van der Waals surface area (Å²) < 4.78 is 11.0. The van der Waals surface area contributed by atoms with Gasteiger partial charge in [0.15, 0.2) is 0 Å². The Labute approximate surface area is 115 Å². The zero-order chi connectivity index (χ0) is 13.5. The fourth-order valence-corrected chi connectivity index (χ4v) is 2.41. The van der Waals surface area contributed by atoms with Crippen LogP contribution in [0.1, 0.15) is 25.6 Å². The maximum absolute atomic E-state index is 5.91. The minimum Gasteiger partial charge on any atom is -0.398 e. The van der Waals surface area contributed by atoms with E-state index in [9.17, 15) is 0 Å². The summed E-state index contributed by atoms with van der Waals surface area (Å²) in [5.41, 5.74) is 6.65. The summed E-state index contributed by atoms with van der Waals surface area (Å²) in [5, 5.41) is 4.59.